The molecule has 0 amide bonds. The van der Waals surface area contributed by atoms with E-state index in [1.165, 1.54) is 77.0 Å². The average molecular weight is 417 g/mol. The highest BCUT2D eigenvalue weighted by molar-refractivity contribution is 5.28. The molecular formula is C27H44O3. The number of rotatable bonds is 12. The second kappa shape index (κ2) is 13.4. The Morgan fingerprint density at radius 3 is 1.97 bits per heavy atom. The van der Waals surface area contributed by atoms with Crippen molar-refractivity contribution < 1.29 is 14.2 Å². The van der Waals surface area contributed by atoms with Crippen LogP contribution in [0.1, 0.15) is 103 Å². The second-order valence-electron chi connectivity index (χ2n) is 9.60. The highest BCUT2D eigenvalue weighted by atomic mass is 16.7. The molecule has 1 aromatic carbocycles. The first-order chi connectivity index (χ1) is 14.8. The van der Waals surface area contributed by atoms with Crippen molar-refractivity contribution in [1.82, 2.24) is 0 Å². The van der Waals surface area contributed by atoms with Crippen molar-refractivity contribution in [2.75, 3.05) is 19.8 Å². The monoisotopic (exact) mass is 416 g/mol. The third-order valence-electron chi connectivity index (χ3n) is 7.02. The Bertz CT molecular complexity index is 554. The van der Waals surface area contributed by atoms with E-state index >= 15 is 0 Å². The third kappa shape index (κ3) is 7.89. The van der Waals surface area contributed by atoms with Crippen LogP contribution >= 0.6 is 0 Å². The van der Waals surface area contributed by atoms with E-state index in [0.29, 0.717) is 5.92 Å². The molecule has 2 fully saturated rings. The topological polar surface area (TPSA) is 27.7 Å². The van der Waals surface area contributed by atoms with Gasteiger partial charge in [-0.25, -0.2) is 0 Å². The van der Waals surface area contributed by atoms with Crippen molar-refractivity contribution in [1.29, 1.82) is 0 Å². The van der Waals surface area contributed by atoms with Crippen molar-refractivity contribution in [3.63, 3.8) is 0 Å². The van der Waals surface area contributed by atoms with Crippen LogP contribution in [0.3, 0.4) is 0 Å². The van der Waals surface area contributed by atoms with Gasteiger partial charge in [-0.1, -0.05) is 83.8 Å². The molecule has 3 rings (SSSR count). The van der Waals surface area contributed by atoms with Gasteiger partial charge < -0.3 is 14.2 Å². The summed E-state index contributed by atoms with van der Waals surface area (Å²) in [5, 5.41) is 0. The first-order valence-corrected chi connectivity index (χ1v) is 12.7. The summed E-state index contributed by atoms with van der Waals surface area (Å²) in [5.74, 6) is 3.44. The van der Waals surface area contributed by atoms with Crippen molar-refractivity contribution in [2.45, 2.75) is 97.2 Å². The van der Waals surface area contributed by atoms with Gasteiger partial charge in [-0.05, 0) is 43.2 Å². The molecule has 1 heterocycles. The van der Waals surface area contributed by atoms with E-state index in [4.69, 9.17) is 14.2 Å². The van der Waals surface area contributed by atoms with Crippen LogP contribution in [0, 0.1) is 17.8 Å². The maximum atomic E-state index is 5.99. The van der Waals surface area contributed by atoms with E-state index < -0.39 is 0 Å². The van der Waals surface area contributed by atoms with Crippen molar-refractivity contribution >= 4 is 0 Å². The lowest BCUT2D eigenvalue weighted by Crippen LogP contribution is -2.26. The van der Waals surface area contributed by atoms with Gasteiger partial charge in [0.2, 0.25) is 0 Å². The fourth-order valence-electron chi connectivity index (χ4n) is 5.09. The second-order valence-corrected chi connectivity index (χ2v) is 9.60. The maximum absolute atomic E-state index is 5.99. The Labute approximate surface area is 184 Å². The molecule has 1 saturated carbocycles. The van der Waals surface area contributed by atoms with Crippen molar-refractivity contribution in [3.8, 4) is 5.75 Å². The quantitative estimate of drug-likeness (QED) is 0.327. The van der Waals surface area contributed by atoms with Crippen LogP contribution in [0.4, 0.5) is 0 Å². The van der Waals surface area contributed by atoms with Crippen LogP contribution in [-0.4, -0.2) is 19.8 Å². The maximum Gasteiger partial charge on any atom is 0.183 e. The Balaban J connectivity index is 1.27. The summed E-state index contributed by atoms with van der Waals surface area (Å²) in [6.45, 7) is 6.94. The molecule has 0 unspecified atom stereocenters. The molecule has 0 spiro atoms. The highest BCUT2D eigenvalue weighted by Crippen LogP contribution is 2.34. The smallest absolute Gasteiger partial charge is 0.183 e. The number of unbranched alkanes of at least 4 members (excludes halogenated alkanes) is 2. The molecule has 3 heteroatoms. The van der Waals surface area contributed by atoms with Crippen LogP contribution in [0.15, 0.2) is 24.3 Å². The zero-order valence-corrected chi connectivity index (χ0v) is 19.5. The Morgan fingerprint density at radius 2 is 1.37 bits per heavy atom. The van der Waals surface area contributed by atoms with Crippen LogP contribution in [0.2, 0.25) is 0 Å². The fourth-order valence-corrected chi connectivity index (χ4v) is 5.09. The highest BCUT2D eigenvalue weighted by Gasteiger charge is 2.23. The van der Waals surface area contributed by atoms with Crippen molar-refractivity contribution in [3.05, 3.63) is 29.8 Å². The van der Waals surface area contributed by atoms with Crippen LogP contribution < -0.4 is 4.74 Å². The normalized spacial score (nSPS) is 27.1. The first kappa shape index (κ1) is 23.6. The minimum atomic E-state index is -0.218. The predicted molar refractivity (Wildman–Crippen MR) is 124 cm³/mol. The summed E-state index contributed by atoms with van der Waals surface area (Å²) in [5.41, 5.74) is 1.09. The summed E-state index contributed by atoms with van der Waals surface area (Å²) in [7, 11) is 0. The standard InChI is InChI=1S/C27H44O3/c1-3-5-6-9-22-11-13-23(14-12-22)10-7-19-28-26-17-15-25(16-18-26)27-29-20-24(8-4-2)21-30-27/h15-18,22-24,27H,3-14,19-21H2,1-2H3. The summed E-state index contributed by atoms with van der Waals surface area (Å²) in [4.78, 5) is 0. The molecule has 0 N–H and O–H groups in total. The minimum Gasteiger partial charge on any atom is -0.494 e. The van der Waals surface area contributed by atoms with E-state index in [-0.39, 0.29) is 6.29 Å². The minimum absolute atomic E-state index is 0.218. The van der Waals surface area contributed by atoms with Crippen molar-refractivity contribution in [2.24, 2.45) is 17.8 Å². The molecule has 170 valence electrons. The zero-order chi connectivity index (χ0) is 21.0. The predicted octanol–water partition coefficient (Wildman–Crippen LogP) is 7.69. The van der Waals surface area contributed by atoms with Gasteiger partial charge in [0.1, 0.15) is 5.75 Å². The van der Waals surface area contributed by atoms with Gasteiger partial charge in [0.15, 0.2) is 6.29 Å². The molecule has 3 nitrogen and oxygen atoms in total. The molecule has 1 aromatic rings. The number of hydrogen-bond donors (Lipinski definition) is 0. The molecular weight excluding hydrogens is 372 g/mol. The average Bonchev–Trinajstić information content (AvgIpc) is 2.79. The molecule has 0 atom stereocenters. The first-order valence-electron chi connectivity index (χ1n) is 12.7. The van der Waals surface area contributed by atoms with Gasteiger partial charge in [0.05, 0.1) is 19.8 Å². The van der Waals surface area contributed by atoms with Gasteiger partial charge in [-0.15, -0.1) is 0 Å². The summed E-state index contributed by atoms with van der Waals surface area (Å²) >= 11 is 0. The molecule has 2 aliphatic rings. The molecule has 30 heavy (non-hydrogen) atoms. The largest absolute Gasteiger partial charge is 0.494 e. The SMILES string of the molecule is CCCCCC1CCC(CCCOc2ccc(C3OCC(CCC)CO3)cc2)CC1. The number of hydrogen-bond acceptors (Lipinski definition) is 3. The summed E-state index contributed by atoms with van der Waals surface area (Å²) in [6, 6.07) is 8.28. The summed E-state index contributed by atoms with van der Waals surface area (Å²) in [6.07, 6.45) is 16.1. The molecule has 1 aliphatic carbocycles. The van der Waals surface area contributed by atoms with E-state index in [9.17, 15) is 0 Å². The van der Waals surface area contributed by atoms with E-state index in [0.717, 1.165) is 43.0 Å². The van der Waals surface area contributed by atoms with Crippen LogP contribution in [-0.2, 0) is 9.47 Å². The van der Waals surface area contributed by atoms with Gasteiger partial charge in [-0.3, -0.25) is 0 Å². The zero-order valence-electron chi connectivity index (χ0n) is 19.5. The van der Waals surface area contributed by atoms with E-state index in [2.05, 4.69) is 38.1 Å². The lowest BCUT2D eigenvalue weighted by Gasteiger charge is -2.29. The Hall–Kier alpha value is -1.06. The number of benzene rings is 1. The van der Waals surface area contributed by atoms with E-state index in [1.54, 1.807) is 0 Å². The van der Waals surface area contributed by atoms with Gasteiger partial charge in [-0.2, -0.15) is 0 Å². The van der Waals surface area contributed by atoms with E-state index in [1.807, 2.05) is 0 Å². The van der Waals surface area contributed by atoms with Gasteiger partial charge >= 0.3 is 0 Å². The summed E-state index contributed by atoms with van der Waals surface area (Å²) < 4.78 is 17.8. The number of ether oxygens (including phenoxy) is 3. The molecule has 0 aromatic heterocycles. The Morgan fingerprint density at radius 1 is 0.733 bits per heavy atom. The lowest BCUT2D eigenvalue weighted by atomic mass is 9.78. The third-order valence-corrected chi connectivity index (χ3v) is 7.02. The molecule has 0 bridgehead atoms. The van der Waals surface area contributed by atoms with Crippen LogP contribution in [0.25, 0.3) is 0 Å². The molecule has 0 radical (unpaired) electrons. The lowest BCUT2D eigenvalue weighted by molar-refractivity contribution is -0.206. The Kier molecular flexibility index (Phi) is 10.5. The molecule has 1 aliphatic heterocycles. The van der Waals surface area contributed by atoms with Crippen LogP contribution in [0.5, 0.6) is 5.75 Å². The fraction of sp³-hybridized carbons (Fsp3) is 0.778. The van der Waals surface area contributed by atoms with Gasteiger partial charge in [0, 0.05) is 11.5 Å². The molecule has 1 saturated heterocycles. The van der Waals surface area contributed by atoms with Gasteiger partial charge in [0.25, 0.3) is 0 Å².